The van der Waals surface area contributed by atoms with Crippen molar-refractivity contribution in [3.05, 3.63) is 76.4 Å². The van der Waals surface area contributed by atoms with Crippen molar-refractivity contribution in [1.29, 1.82) is 5.26 Å². The molecule has 0 unspecified atom stereocenters. The minimum Gasteiger partial charge on any atom is -0.457 e. The third-order valence-electron chi connectivity index (χ3n) is 3.91. The van der Waals surface area contributed by atoms with Crippen molar-refractivity contribution in [2.24, 2.45) is 0 Å². The Labute approximate surface area is 173 Å². The first kappa shape index (κ1) is 18.8. The zero-order valence-electron chi connectivity index (χ0n) is 14.8. The molecular formula is C21H12FN3O2S2. The van der Waals surface area contributed by atoms with Gasteiger partial charge in [-0.3, -0.25) is 10.1 Å². The van der Waals surface area contributed by atoms with E-state index in [0.29, 0.717) is 22.2 Å². The van der Waals surface area contributed by atoms with Gasteiger partial charge in [0.1, 0.15) is 29.0 Å². The Morgan fingerprint density at radius 1 is 1.17 bits per heavy atom. The molecular weight excluding hydrogens is 409 g/mol. The fraction of sp³-hybridized carbons (Fsp3) is 0. The van der Waals surface area contributed by atoms with Crippen molar-refractivity contribution in [3.63, 3.8) is 0 Å². The SMILES string of the molecule is N#C/C(=C/c1ccc(-c2ccc(F)cc2)o1)C(=O)Nc1nc(-c2cccs2)cs1. The fourth-order valence-electron chi connectivity index (χ4n) is 2.52. The van der Waals surface area contributed by atoms with Crippen LogP contribution < -0.4 is 5.32 Å². The molecule has 5 nitrogen and oxygen atoms in total. The van der Waals surface area contributed by atoms with Gasteiger partial charge in [0.05, 0.1) is 10.6 Å². The quantitative estimate of drug-likeness (QED) is 0.325. The van der Waals surface area contributed by atoms with Gasteiger partial charge in [-0.1, -0.05) is 6.07 Å². The highest BCUT2D eigenvalue weighted by atomic mass is 32.1. The van der Waals surface area contributed by atoms with E-state index in [1.165, 1.54) is 29.5 Å². The van der Waals surface area contributed by atoms with Crippen molar-refractivity contribution in [3.8, 4) is 28.0 Å². The number of hydrogen-bond acceptors (Lipinski definition) is 6. The Balaban J connectivity index is 1.50. The Kier molecular flexibility index (Phi) is 5.33. The number of halogens is 1. The molecule has 0 aliphatic carbocycles. The summed E-state index contributed by atoms with van der Waals surface area (Å²) in [4.78, 5) is 17.8. The van der Waals surface area contributed by atoms with Crippen LogP contribution in [0.15, 0.2) is 69.3 Å². The minimum absolute atomic E-state index is 0.113. The third-order valence-corrected chi connectivity index (χ3v) is 5.56. The number of amides is 1. The van der Waals surface area contributed by atoms with E-state index in [2.05, 4.69) is 10.3 Å². The van der Waals surface area contributed by atoms with Gasteiger partial charge in [-0.2, -0.15) is 5.26 Å². The number of benzene rings is 1. The molecule has 1 N–H and O–H groups in total. The molecule has 0 radical (unpaired) electrons. The lowest BCUT2D eigenvalue weighted by atomic mass is 10.2. The van der Waals surface area contributed by atoms with Gasteiger partial charge in [0.15, 0.2) is 5.13 Å². The predicted molar refractivity (Wildman–Crippen MR) is 112 cm³/mol. The van der Waals surface area contributed by atoms with Crippen molar-refractivity contribution >= 4 is 39.8 Å². The lowest BCUT2D eigenvalue weighted by molar-refractivity contribution is -0.112. The van der Waals surface area contributed by atoms with Crippen LogP contribution in [-0.4, -0.2) is 10.9 Å². The molecule has 0 atom stereocenters. The molecule has 1 amide bonds. The van der Waals surface area contributed by atoms with Gasteiger partial charge >= 0.3 is 0 Å². The molecule has 3 aromatic heterocycles. The van der Waals surface area contributed by atoms with Crippen molar-refractivity contribution in [2.45, 2.75) is 0 Å². The van der Waals surface area contributed by atoms with Crippen molar-refractivity contribution in [2.75, 3.05) is 5.32 Å². The fourth-order valence-corrected chi connectivity index (χ4v) is 3.99. The van der Waals surface area contributed by atoms with Crippen LogP contribution in [0.1, 0.15) is 5.76 Å². The van der Waals surface area contributed by atoms with Crippen LogP contribution in [0.25, 0.3) is 28.0 Å². The molecule has 29 heavy (non-hydrogen) atoms. The lowest BCUT2D eigenvalue weighted by Gasteiger charge is -1.99. The van der Waals surface area contributed by atoms with Gasteiger partial charge in [-0.05, 0) is 47.8 Å². The molecule has 0 aliphatic heterocycles. The maximum atomic E-state index is 13.1. The average molecular weight is 421 g/mol. The molecule has 3 heterocycles. The van der Waals surface area contributed by atoms with Crippen LogP contribution in [0.4, 0.5) is 9.52 Å². The second kappa shape index (κ2) is 8.22. The summed E-state index contributed by atoms with van der Waals surface area (Å²) in [5.41, 5.74) is 1.36. The van der Waals surface area contributed by atoms with E-state index in [9.17, 15) is 14.4 Å². The maximum absolute atomic E-state index is 13.1. The molecule has 0 saturated carbocycles. The number of carbonyl (C=O) groups is 1. The molecule has 0 aliphatic rings. The molecule has 4 aromatic rings. The first-order chi connectivity index (χ1) is 14.1. The number of rotatable bonds is 5. The van der Waals surface area contributed by atoms with Crippen LogP contribution in [-0.2, 0) is 4.79 Å². The molecule has 0 fully saturated rings. The standard InChI is InChI=1S/C21H12FN3O2S2/c22-15-5-3-13(4-6-15)18-8-7-16(27-18)10-14(11-23)20(26)25-21-24-17(12-29-21)19-2-1-9-28-19/h1-10,12H,(H,24,25,26)/b14-10-. The lowest BCUT2D eigenvalue weighted by Crippen LogP contribution is -2.13. The third kappa shape index (κ3) is 4.32. The summed E-state index contributed by atoms with van der Waals surface area (Å²) >= 11 is 2.84. The summed E-state index contributed by atoms with van der Waals surface area (Å²) in [5, 5.41) is 16.2. The van der Waals surface area contributed by atoms with Crippen molar-refractivity contribution in [1.82, 2.24) is 4.98 Å². The number of nitrogens with one attached hydrogen (secondary N) is 1. The highest BCUT2D eigenvalue weighted by molar-refractivity contribution is 7.16. The number of aromatic nitrogens is 1. The van der Waals surface area contributed by atoms with Gasteiger partial charge in [0.25, 0.3) is 5.91 Å². The van der Waals surface area contributed by atoms with Gasteiger partial charge in [-0.15, -0.1) is 22.7 Å². The van der Waals surface area contributed by atoms with Gasteiger partial charge < -0.3 is 4.42 Å². The van der Waals surface area contributed by atoms with E-state index in [1.54, 1.807) is 35.6 Å². The summed E-state index contributed by atoms with van der Waals surface area (Å²) < 4.78 is 18.7. The highest BCUT2D eigenvalue weighted by Crippen LogP contribution is 2.28. The zero-order valence-corrected chi connectivity index (χ0v) is 16.4. The number of thiazole rings is 1. The van der Waals surface area contributed by atoms with E-state index in [0.717, 1.165) is 10.6 Å². The van der Waals surface area contributed by atoms with Crippen LogP contribution in [0.2, 0.25) is 0 Å². The van der Waals surface area contributed by atoms with E-state index in [1.807, 2.05) is 29.0 Å². The molecule has 1 aromatic carbocycles. The van der Waals surface area contributed by atoms with Gasteiger partial charge in [-0.25, -0.2) is 9.37 Å². The summed E-state index contributed by atoms with van der Waals surface area (Å²) in [6.45, 7) is 0. The first-order valence-corrected chi connectivity index (χ1v) is 10.2. The van der Waals surface area contributed by atoms with Crippen LogP contribution in [0, 0.1) is 17.1 Å². The zero-order chi connectivity index (χ0) is 20.2. The molecule has 0 spiro atoms. The number of carbonyl (C=O) groups excluding carboxylic acids is 1. The van der Waals surface area contributed by atoms with E-state index < -0.39 is 5.91 Å². The average Bonchev–Trinajstić information content (AvgIpc) is 3.48. The van der Waals surface area contributed by atoms with Crippen LogP contribution in [0.3, 0.4) is 0 Å². The molecule has 0 bridgehead atoms. The monoisotopic (exact) mass is 421 g/mol. The number of anilines is 1. The molecule has 142 valence electrons. The Hall–Kier alpha value is -3.54. The first-order valence-electron chi connectivity index (χ1n) is 8.41. The maximum Gasteiger partial charge on any atom is 0.268 e. The van der Waals surface area contributed by atoms with Gasteiger partial charge in [0.2, 0.25) is 0 Å². The summed E-state index contributed by atoms with van der Waals surface area (Å²) in [6, 6.07) is 14.9. The van der Waals surface area contributed by atoms with Gasteiger partial charge in [0, 0.05) is 17.0 Å². The number of hydrogen-bond donors (Lipinski definition) is 1. The summed E-state index contributed by atoms with van der Waals surface area (Å²) in [7, 11) is 0. The van der Waals surface area contributed by atoms with Crippen molar-refractivity contribution < 1.29 is 13.6 Å². The second-order valence-electron chi connectivity index (χ2n) is 5.85. The normalized spacial score (nSPS) is 11.2. The van der Waals surface area contributed by atoms with Crippen LogP contribution >= 0.6 is 22.7 Å². The summed E-state index contributed by atoms with van der Waals surface area (Å²) in [5.74, 6) is -0.0588. The topological polar surface area (TPSA) is 78.9 Å². The highest BCUT2D eigenvalue weighted by Gasteiger charge is 2.14. The number of nitriles is 1. The number of nitrogens with zero attached hydrogens (tertiary/aromatic N) is 2. The predicted octanol–water partition coefficient (Wildman–Crippen LogP) is 5.82. The smallest absolute Gasteiger partial charge is 0.268 e. The second-order valence-corrected chi connectivity index (χ2v) is 7.65. The van der Waals surface area contributed by atoms with E-state index >= 15 is 0 Å². The Morgan fingerprint density at radius 3 is 2.72 bits per heavy atom. The number of thiophene rings is 1. The molecule has 8 heteroatoms. The largest absolute Gasteiger partial charge is 0.457 e. The van der Waals surface area contributed by atoms with E-state index in [4.69, 9.17) is 4.42 Å². The molecule has 0 saturated heterocycles. The van der Waals surface area contributed by atoms with Crippen LogP contribution in [0.5, 0.6) is 0 Å². The van der Waals surface area contributed by atoms with E-state index in [-0.39, 0.29) is 11.4 Å². The minimum atomic E-state index is -0.570. The Bertz CT molecular complexity index is 1220. The Morgan fingerprint density at radius 2 is 2.00 bits per heavy atom. The number of furan rings is 1. The summed E-state index contributed by atoms with van der Waals surface area (Å²) in [6.07, 6.45) is 1.36. The molecule has 4 rings (SSSR count).